The molecule has 1 aromatic carbocycles. The van der Waals surface area contributed by atoms with Crippen LogP contribution in [-0.2, 0) is 4.74 Å². The summed E-state index contributed by atoms with van der Waals surface area (Å²) in [7, 11) is 3.58. The molecule has 3 rings (SSSR count). The highest BCUT2D eigenvalue weighted by Crippen LogP contribution is 2.42. The van der Waals surface area contributed by atoms with Crippen LogP contribution in [0.25, 0.3) is 11.5 Å². The van der Waals surface area contributed by atoms with Crippen LogP contribution in [0.5, 0.6) is 0 Å². The second-order valence-corrected chi connectivity index (χ2v) is 4.78. The summed E-state index contributed by atoms with van der Waals surface area (Å²) < 4.78 is 10.8. The minimum Gasteiger partial charge on any atom is -0.388 e. The second-order valence-electron chi connectivity index (χ2n) is 4.78. The average Bonchev–Trinajstić information content (AvgIpc) is 3.17. The Hall–Kier alpha value is -1.88. The molecular formula is C14H17N3O2. The van der Waals surface area contributed by atoms with Gasteiger partial charge in [0.15, 0.2) is 0 Å². The average molecular weight is 259 g/mol. The Morgan fingerprint density at radius 3 is 2.63 bits per heavy atom. The maximum atomic E-state index is 5.45. The van der Waals surface area contributed by atoms with E-state index in [1.165, 1.54) is 12.8 Å². The molecule has 2 aromatic rings. The van der Waals surface area contributed by atoms with Gasteiger partial charge in [-0.05, 0) is 43.0 Å². The molecule has 100 valence electrons. The van der Waals surface area contributed by atoms with E-state index in [9.17, 15) is 0 Å². The SMILES string of the molecule is CNc1ccc(-c2nc(C(OC)C3CC3)no2)cc1. The topological polar surface area (TPSA) is 60.2 Å². The van der Waals surface area contributed by atoms with E-state index in [2.05, 4.69) is 15.5 Å². The largest absolute Gasteiger partial charge is 0.388 e. The quantitative estimate of drug-likeness (QED) is 0.894. The Kier molecular flexibility index (Phi) is 3.21. The van der Waals surface area contributed by atoms with E-state index >= 15 is 0 Å². The zero-order valence-corrected chi connectivity index (χ0v) is 11.1. The first-order valence-corrected chi connectivity index (χ1v) is 6.46. The molecule has 5 nitrogen and oxygen atoms in total. The van der Waals surface area contributed by atoms with Crippen LogP contribution in [-0.4, -0.2) is 24.3 Å². The third-order valence-electron chi connectivity index (χ3n) is 3.42. The summed E-state index contributed by atoms with van der Waals surface area (Å²) >= 11 is 0. The van der Waals surface area contributed by atoms with E-state index in [1.54, 1.807) is 7.11 Å². The highest BCUT2D eigenvalue weighted by atomic mass is 16.5. The Bertz CT molecular complexity index is 546. The molecule has 1 heterocycles. The summed E-state index contributed by atoms with van der Waals surface area (Å²) in [6.45, 7) is 0. The summed E-state index contributed by atoms with van der Waals surface area (Å²) in [5, 5.41) is 7.12. The number of nitrogens with one attached hydrogen (secondary N) is 1. The lowest BCUT2D eigenvalue weighted by molar-refractivity contribution is 0.0751. The standard InChI is InChI=1S/C14H17N3O2/c1-15-11-7-5-10(6-8-11)14-16-13(17-19-14)12(18-2)9-3-4-9/h5-9,12,15H,3-4H2,1-2H3. The van der Waals surface area contributed by atoms with Gasteiger partial charge in [-0.2, -0.15) is 4.98 Å². The Morgan fingerprint density at radius 1 is 1.32 bits per heavy atom. The summed E-state index contributed by atoms with van der Waals surface area (Å²) in [6, 6.07) is 7.88. The van der Waals surface area contributed by atoms with Crippen molar-refractivity contribution in [2.45, 2.75) is 18.9 Å². The molecule has 1 aromatic heterocycles. The number of methoxy groups -OCH3 is 1. The molecule has 1 saturated carbocycles. The van der Waals surface area contributed by atoms with E-state index in [4.69, 9.17) is 9.26 Å². The first-order chi connectivity index (χ1) is 9.31. The minimum absolute atomic E-state index is 0.0333. The van der Waals surface area contributed by atoms with Crippen molar-refractivity contribution in [3.63, 3.8) is 0 Å². The van der Waals surface area contributed by atoms with E-state index in [-0.39, 0.29) is 6.10 Å². The molecule has 0 amide bonds. The van der Waals surface area contributed by atoms with Crippen LogP contribution in [0.1, 0.15) is 24.8 Å². The van der Waals surface area contributed by atoms with Crippen molar-refractivity contribution < 1.29 is 9.26 Å². The molecular weight excluding hydrogens is 242 g/mol. The van der Waals surface area contributed by atoms with Crippen molar-refractivity contribution in [3.8, 4) is 11.5 Å². The third kappa shape index (κ3) is 2.46. The van der Waals surface area contributed by atoms with Gasteiger partial charge in [0.1, 0.15) is 6.10 Å². The number of rotatable bonds is 5. The van der Waals surface area contributed by atoms with Gasteiger partial charge in [-0.1, -0.05) is 5.16 Å². The molecule has 0 spiro atoms. The molecule has 1 fully saturated rings. The molecule has 1 atom stereocenters. The summed E-state index contributed by atoms with van der Waals surface area (Å²) in [6.07, 6.45) is 2.33. The molecule has 0 radical (unpaired) electrons. The molecule has 5 heteroatoms. The maximum Gasteiger partial charge on any atom is 0.258 e. The van der Waals surface area contributed by atoms with E-state index < -0.39 is 0 Å². The molecule has 0 bridgehead atoms. The smallest absolute Gasteiger partial charge is 0.258 e. The molecule has 1 N–H and O–H groups in total. The van der Waals surface area contributed by atoms with Crippen LogP contribution in [0, 0.1) is 5.92 Å². The van der Waals surface area contributed by atoms with Gasteiger partial charge >= 0.3 is 0 Å². The summed E-state index contributed by atoms with van der Waals surface area (Å²) in [5.41, 5.74) is 1.97. The van der Waals surface area contributed by atoms with Crippen molar-refractivity contribution in [2.75, 3.05) is 19.5 Å². The lowest BCUT2D eigenvalue weighted by atomic mass is 10.2. The highest BCUT2D eigenvalue weighted by molar-refractivity contribution is 5.58. The van der Waals surface area contributed by atoms with Crippen LogP contribution in [0.15, 0.2) is 28.8 Å². The monoisotopic (exact) mass is 259 g/mol. The van der Waals surface area contributed by atoms with Crippen LogP contribution >= 0.6 is 0 Å². The molecule has 0 saturated heterocycles. The summed E-state index contributed by atoms with van der Waals surface area (Å²) in [4.78, 5) is 4.45. The third-order valence-corrected chi connectivity index (χ3v) is 3.42. The predicted octanol–water partition coefficient (Wildman–Crippen LogP) is 2.88. The van der Waals surface area contributed by atoms with Gasteiger partial charge in [0.05, 0.1) is 0 Å². The normalized spacial score (nSPS) is 16.3. The zero-order chi connectivity index (χ0) is 13.2. The van der Waals surface area contributed by atoms with Crippen LogP contribution in [0.2, 0.25) is 0 Å². The first-order valence-electron chi connectivity index (χ1n) is 6.46. The van der Waals surface area contributed by atoms with E-state index in [1.807, 2.05) is 31.3 Å². The van der Waals surface area contributed by atoms with Crippen molar-refractivity contribution >= 4 is 5.69 Å². The number of aromatic nitrogens is 2. The number of benzene rings is 1. The lowest BCUT2D eigenvalue weighted by Crippen LogP contribution is -2.05. The van der Waals surface area contributed by atoms with E-state index in [0.29, 0.717) is 17.6 Å². The van der Waals surface area contributed by atoms with Crippen LogP contribution in [0.3, 0.4) is 0 Å². The van der Waals surface area contributed by atoms with Crippen molar-refractivity contribution in [1.29, 1.82) is 0 Å². The van der Waals surface area contributed by atoms with Gasteiger partial charge in [-0.3, -0.25) is 0 Å². The molecule has 0 aliphatic heterocycles. The zero-order valence-electron chi connectivity index (χ0n) is 11.1. The van der Waals surface area contributed by atoms with Gasteiger partial charge in [0, 0.05) is 25.4 Å². The van der Waals surface area contributed by atoms with Crippen molar-refractivity contribution in [3.05, 3.63) is 30.1 Å². The Labute approximate surface area is 112 Å². The maximum absolute atomic E-state index is 5.45. The van der Waals surface area contributed by atoms with E-state index in [0.717, 1.165) is 11.3 Å². The van der Waals surface area contributed by atoms with Gasteiger partial charge in [-0.15, -0.1) is 0 Å². The van der Waals surface area contributed by atoms with Gasteiger partial charge < -0.3 is 14.6 Å². The Morgan fingerprint density at radius 2 is 2.05 bits per heavy atom. The van der Waals surface area contributed by atoms with Crippen LogP contribution in [0.4, 0.5) is 5.69 Å². The summed E-state index contributed by atoms with van der Waals surface area (Å²) in [5.74, 6) is 1.74. The number of ether oxygens (including phenoxy) is 1. The first kappa shape index (κ1) is 12.2. The fraction of sp³-hybridized carbons (Fsp3) is 0.429. The Balaban J connectivity index is 1.83. The minimum atomic E-state index is -0.0333. The van der Waals surface area contributed by atoms with Gasteiger partial charge in [0.2, 0.25) is 5.82 Å². The fourth-order valence-electron chi connectivity index (χ4n) is 2.15. The fourth-order valence-corrected chi connectivity index (χ4v) is 2.15. The van der Waals surface area contributed by atoms with Crippen molar-refractivity contribution in [1.82, 2.24) is 10.1 Å². The van der Waals surface area contributed by atoms with Crippen LogP contribution < -0.4 is 5.32 Å². The van der Waals surface area contributed by atoms with Gasteiger partial charge in [-0.25, -0.2) is 0 Å². The molecule has 1 unspecified atom stereocenters. The number of nitrogens with zero attached hydrogens (tertiary/aromatic N) is 2. The lowest BCUT2D eigenvalue weighted by Gasteiger charge is -2.08. The molecule has 1 aliphatic rings. The molecule has 19 heavy (non-hydrogen) atoms. The number of hydrogen-bond donors (Lipinski definition) is 1. The molecule has 1 aliphatic carbocycles. The second kappa shape index (κ2) is 5.01. The highest BCUT2D eigenvalue weighted by Gasteiger charge is 2.35. The van der Waals surface area contributed by atoms with Gasteiger partial charge in [0.25, 0.3) is 5.89 Å². The number of hydrogen-bond acceptors (Lipinski definition) is 5. The predicted molar refractivity (Wildman–Crippen MR) is 71.8 cm³/mol. The van der Waals surface area contributed by atoms with Crippen molar-refractivity contribution in [2.24, 2.45) is 5.92 Å². The number of anilines is 1.